The van der Waals surface area contributed by atoms with E-state index in [1.54, 1.807) is 0 Å². The predicted molar refractivity (Wildman–Crippen MR) is 87.2 cm³/mol. The van der Waals surface area contributed by atoms with Crippen molar-refractivity contribution >= 4 is 17.4 Å². The molecular weight excluding hydrogens is 252 g/mol. The number of anilines is 1. The SMILES string of the molecule is CSCCC(C)NCc1ccc(N2CCCC2)cc1. The van der Waals surface area contributed by atoms with Gasteiger partial charge in [0.25, 0.3) is 0 Å². The van der Waals surface area contributed by atoms with Crippen molar-refractivity contribution < 1.29 is 0 Å². The lowest BCUT2D eigenvalue weighted by Crippen LogP contribution is -2.26. The molecule has 0 aliphatic carbocycles. The van der Waals surface area contributed by atoms with E-state index in [4.69, 9.17) is 0 Å². The summed E-state index contributed by atoms with van der Waals surface area (Å²) in [7, 11) is 0. The number of nitrogens with zero attached hydrogens (tertiary/aromatic N) is 1. The molecule has 1 unspecified atom stereocenters. The Hall–Kier alpha value is -0.670. The van der Waals surface area contributed by atoms with Gasteiger partial charge in [-0.3, -0.25) is 0 Å². The average molecular weight is 278 g/mol. The minimum Gasteiger partial charge on any atom is -0.372 e. The molecule has 3 heteroatoms. The van der Waals surface area contributed by atoms with Gasteiger partial charge in [0.1, 0.15) is 0 Å². The maximum absolute atomic E-state index is 3.60. The Labute approximate surface area is 122 Å². The second-order valence-corrected chi connectivity index (χ2v) is 6.41. The molecule has 1 atom stereocenters. The molecule has 0 aromatic heterocycles. The smallest absolute Gasteiger partial charge is 0.0366 e. The summed E-state index contributed by atoms with van der Waals surface area (Å²) in [4.78, 5) is 2.48. The number of nitrogens with one attached hydrogen (secondary N) is 1. The first-order valence-corrected chi connectivity index (χ1v) is 8.75. The molecule has 2 nitrogen and oxygen atoms in total. The third-order valence-corrected chi connectivity index (χ3v) is 4.46. The molecule has 1 N–H and O–H groups in total. The molecule has 1 aliphatic rings. The molecule has 1 aliphatic heterocycles. The molecule has 0 amide bonds. The molecule has 2 rings (SSSR count). The van der Waals surface area contributed by atoms with Crippen LogP contribution in [0, 0.1) is 0 Å². The summed E-state index contributed by atoms with van der Waals surface area (Å²) in [5, 5.41) is 3.60. The molecule has 1 aromatic carbocycles. The number of rotatable bonds is 7. The second kappa shape index (κ2) is 7.81. The first-order chi connectivity index (χ1) is 9.29. The van der Waals surface area contributed by atoms with Crippen molar-refractivity contribution in [3.05, 3.63) is 29.8 Å². The van der Waals surface area contributed by atoms with E-state index in [0.29, 0.717) is 6.04 Å². The van der Waals surface area contributed by atoms with Crippen molar-refractivity contribution in [2.75, 3.05) is 30.0 Å². The predicted octanol–water partition coefficient (Wildman–Crippen LogP) is 3.52. The maximum atomic E-state index is 3.60. The molecular formula is C16H26N2S. The second-order valence-electron chi connectivity index (χ2n) is 5.42. The van der Waals surface area contributed by atoms with Gasteiger partial charge in [-0.2, -0.15) is 11.8 Å². The van der Waals surface area contributed by atoms with Crippen LogP contribution in [0.2, 0.25) is 0 Å². The van der Waals surface area contributed by atoms with Gasteiger partial charge in [0.2, 0.25) is 0 Å². The lowest BCUT2D eigenvalue weighted by molar-refractivity contribution is 0.537. The van der Waals surface area contributed by atoms with Crippen LogP contribution in [0.4, 0.5) is 5.69 Å². The third-order valence-electron chi connectivity index (χ3n) is 3.82. The van der Waals surface area contributed by atoms with Crippen LogP contribution in [-0.4, -0.2) is 31.1 Å². The molecule has 1 fully saturated rings. The van der Waals surface area contributed by atoms with Crippen molar-refractivity contribution in [1.29, 1.82) is 0 Å². The van der Waals surface area contributed by atoms with Crippen molar-refractivity contribution in [2.45, 2.75) is 38.8 Å². The Kier molecular flexibility index (Phi) is 6.05. The highest BCUT2D eigenvalue weighted by Crippen LogP contribution is 2.20. The van der Waals surface area contributed by atoms with Gasteiger partial charge in [0.15, 0.2) is 0 Å². The van der Waals surface area contributed by atoms with Crippen LogP contribution in [0.25, 0.3) is 0 Å². The quantitative estimate of drug-likeness (QED) is 0.821. The summed E-state index contributed by atoms with van der Waals surface area (Å²) in [6.07, 6.45) is 6.10. The minimum atomic E-state index is 0.603. The van der Waals surface area contributed by atoms with Crippen molar-refractivity contribution in [2.24, 2.45) is 0 Å². The topological polar surface area (TPSA) is 15.3 Å². The molecule has 1 aromatic rings. The number of thioether (sulfide) groups is 1. The Morgan fingerprint density at radius 1 is 1.21 bits per heavy atom. The summed E-state index contributed by atoms with van der Waals surface area (Å²) >= 11 is 1.92. The number of hydrogen-bond acceptors (Lipinski definition) is 3. The third kappa shape index (κ3) is 4.73. The lowest BCUT2D eigenvalue weighted by atomic mass is 10.1. The van der Waals surface area contributed by atoms with Crippen molar-refractivity contribution in [1.82, 2.24) is 5.32 Å². The van der Waals surface area contributed by atoms with E-state index in [0.717, 1.165) is 6.54 Å². The summed E-state index contributed by atoms with van der Waals surface area (Å²) in [6, 6.07) is 9.68. The van der Waals surface area contributed by atoms with E-state index < -0.39 is 0 Å². The molecule has 1 saturated heterocycles. The minimum absolute atomic E-state index is 0.603. The number of benzene rings is 1. The largest absolute Gasteiger partial charge is 0.372 e. The van der Waals surface area contributed by atoms with Crippen LogP contribution in [0.5, 0.6) is 0 Å². The highest BCUT2D eigenvalue weighted by atomic mass is 32.2. The first-order valence-electron chi connectivity index (χ1n) is 7.36. The van der Waals surface area contributed by atoms with E-state index in [9.17, 15) is 0 Å². The standard InChI is InChI=1S/C16H26N2S/c1-14(9-12-19-2)17-13-15-5-7-16(8-6-15)18-10-3-4-11-18/h5-8,14,17H,3-4,9-13H2,1-2H3. The van der Waals surface area contributed by atoms with Crippen LogP contribution in [0.1, 0.15) is 31.7 Å². The summed E-state index contributed by atoms with van der Waals surface area (Å²) in [6.45, 7) is 5.71. The monoisotopic (exact) mass is 278 g/mol. The first kappa shape index (κ1) is 14.7. The molecule has 19 heavy (non-hydrogen) atoms. The summed E-state index contributed by atoms with van der Waals surface area (Å²) in [5.74, 6) is 1.24. The van der Waals surface area contributed by atoms with Crippen LogP contribution in [-0.2, 0) is 6.54 Å². The van der Waals surface area contributed by atoms with Crippen LogP contribution in [0.3, 0.4) is 0 Å². The van der Waals surface area contributed by atoms with Crippen LogP contribution >= 0.6 is 11.8 Å². The van der Waals surface area contributed by atoms with Crippen LogP contribution < -0.4 is 10.2 Å². The fourth-order valence-electron chi connectivity index (χ4n) is 2.49. The van der Waals surface area contributed by atoms with E-state index in [1.807, 2.05) is 11.8 Å². The molecule has 0 bridgehead atoms. The lowest BCUT2D eigenvalue weighted by Gasteiger charge is -2.18. The van der Waals surface area contributed by atoms with Gasteiger partial charge in [0, 0.05) is 31.4 Å². The van der Waals surface area contributed by atoms with E-state index in [-0.39, 0.29) is 0 Å². The maximum Gasteiger partial charge on any atom is 0.0366 e. The van der Waals surface area contributed by atoms with Gasteiger partial charge in [-0.1, -0.05) is 12.1 Å². The van der Waals surface area contributed by atoms with Crippen molar-refractivity contribution in [3.63, 3.8) is 0 Å². The Morgan fingerprint density at radius 2 is 1.89 bits per heavy atom. The van der Waals surface area contributed by atoms with Gasteiger partial charge in [0.05, 0.1) is 0 Å². The fourth-order valence-corrected chi connectivity index (χ4v) is 3.08. The van der Waals surface area contributed by atoms with E-state index >= 15 is 0 Å². The van der Waals surface area contributed by atoms with Crippen molar-refractivity contribution in [3.8, 4) is 0 Å². The van der Waals surface area contributed by atoms with Crippen LogP contribution in [0.15, 0.2) is 24.3 Å². The molecule has 106 valence electrons. The zero-order valence-corrected chi connectivity index (χ0v) is 13.0. The molecule has 0 saturated carbocycles. The van der Waals surface area contributed by atoms with Gasteiger partial charge < -0.3 is 10.2 Å². The molecule has 0 radical (unpaired) electrons. The van der Waals surface area contributed by atoms with Gasteiger partial charge in [-0.05, 0) is 55.9 Å². The van der Waals surface area contributed by atoms with E-state index in [1.165, 1.54) is 49.4 Å². The van der Waals surface area contributed by atoms with E-state index in [2.05, 4.69) is 47.7 Å². The average Bonchev–Trinajstić information content (AvgIpc) is 2.97. The Balaban J connectivity index is 1.78. The summed E-state index contributed by atoms with van der Waals surface area (Å²) < 4.78 is 0. The highest BCUT2D eigenvalue weighted by Gasteiger charge is 2.11. The number of hydrogen-bond donors (Lipinski definition) is 1. The molecule has 0 spiro atoms. The van der Waals surface area contributed by atoms with Gasteiger partial charge >= 0.3 is 0 Å². The highest BCUT2D eigenvalue weighted by molar-refractivity contribution is 7.98. The Bertz CT molecular complexity index is 358. The normalized spacial score (nSPS) is 16.8. The zero-order chi connectivity index (χ0) is 13.5. The molecule has 1 heterocycles. The van der Waals surface area contributed by atoms with Gasteiger partial charge in [-0.25, -0.2) is 0 Å². The Morgan fingerprint density at radius 3 is 2.53 bits per heavy atom. The summed E-state index contributed by atoms with van der Waals surface area (Å²) in [5.41, 5.74) is 2.77. The van der Waals surface area contributed by atoms with Gasteiger partial charge in [-0.15, -0.1) is 0 Å². The fraction of sp³-hybridized carbons (Fsp3) is 0.625. The zero-order valence-electron chi connectivity index (χ0n) is 12.2.